The van der Waals surface area contributed by atoms with Crippen molar-refractivity contribution in [2.45, 2.75) is 26.2 Å². The molecule has 2 N–H and O–H groups in total. The van der Waals surface area contributed by atoms with E-state index in [0.29, 0.717) is 13.2 Å². The number of amides is 1. The van der Waals surface area contributed by atoms with Crippen molar-refractivity contribution in [3.63, 3.8) is 0 Å². The van der Waals surface area contributed by atoms with E-state index >= 15 is 0 Å². The fourth-order valence-corrected chi connectivity index (χ4v) is 1.14. The quantitative estimate of drug-likeness (QED) is 0.462. The summed E-state index contributed by atoms with van der Waals surface area (Å²) >= 11 is 0. The number of ether oxygens (including phenoxy) is 3. The number of hydrogen-bond acceptors (Lipinski definition) is 5. The lowest BCUT2D eigenvalue weighted by molar-refractivity contribution is -0.158. The first-order valence-electron chi connectivity index (χ1n) is 5.57. The van der Waals surface area contributed by atoms with E-state index in [9.17, 15) is 9.90 Å². The molecule has 1 amide bonds. The standard InChI is InChI=1S/C11H21NO5/c1-4-7-17-11(14)12-9(8-13)10(15-5-2)16-6-3/h4,9-10,13H,1,5-8H2,2-3H3,(H,12,14). The molecule has 17 heavy (non-hydrogen) atoms. The molecule has 0 bridgehead atoms. The molecular weight excluding hydrogens is 226 g/mol. The second-order valence-corrected chi connectivity index (χ2v) is 3.10. The lowest BCUT2D eigenvalue weighted by Crippen LogP contribution is -2.48. The molecule has 0 fully saturated rings. The van der Waals surface area contributed by atoms with Gasteiger partial charge in [-0.15, -0.1) is 0 Å². The Morgan fingerprint density at radius 2 is 2.00 bits per heavy atom. The first-order chi connectivity index (χ1) is 8.19. The normalized spacial score (nSPS) is 12.2. The van der Waals surface area contributed by atoms with Crippen molar-refractivity contribution in [3.05, 3.63) is 12.7 Å². The van der Waals surface area contributed by atoms with Gasteiger partial charge in [0.1, 0.15) is 12.6 Å². The summed E-state index contributed by atoms with van der Waals surface area (Å²) in [6.45, 7) is 7.68. The summed E-state index contributed by atoms with van der Waals surface area (Å²) in [7, 11) is 0. The van der Waals surface area contributed by atoms with E-state index < -0.39 is 18.4 Å². The topological polar surface area (TPSA) is 77.0 Å². The minimum Gasteiger partial charge on any atom is -0.445 e. The molecule has 0 aliphatic rings. The summed E-state index contributed by atoms with van der Waals surface area (Å²) in [6.07, 6.45) is 0.121. The molecule has 6 heteroatoms. The average molecular weight is 247 g/mol. The molecular formula is C11H21NO5. The fourth-order valence-electron chi connectivity index (χ4n) is 1.14. The molecule has 0 spiro atoms. The lowest BCUT2D eigenvalue weighted by Gasteiger charge is -2.25. The Bertz CT molecular complexity index is 216. The van der Waals surface area contributed by atoms with Crippen molar-refractivity contribution in [3.8, 4) is 0 Å². The van der Waals surface area contributed by atoms with E-state index in [2.05, 4.69) is 11.9 Å². The van der Waals surface area contributed by atoms with E-state index in [1.165, 1.54) is 6.08 Å². The van der Waals surface area contributed by atoms with E-state index in [1.807, 2.05) is 0 Å². The molecule has 1 unspecified atom stereocenters. The number of rotatable bonds is 9. The van der Waals surface area contributed by atoms with Crippen LogP contribution in [0.15, 0.2) is 12.7 Å². The van der Waals surface area contributed by atoms with Gasteiger partial charge in [-0.25, -0.2) is 4.79 Å². The molecule has 0 aliphatic carbocycles. The maximum atomic E-state index is 11.3. The van der Waals surface area contributed by atoms with Crippen LogP contribution in [0.3, 0.4) is 0 Å². The smallest absolute Gasteiger partial charge is 0.407 e. The molecule has 0 aliphatic heterocycles. The zero-order valence-corrected chi connectivity index (χ0v) is 10.3. The summed E-state index contributed by atoms with van der Waals surface area (Å²) in [5.41, 5.74) is 0. The van der Waals surface area contributed by atoms with Crippen LogP contribution in [-0.4, -0.2) is 50.0 Å². The predicted molar refractivity (Wildman–Crippen MR) is 62.6 cm³/mol. The van der Waals surface area contributed by atoms with Crippen LogP contribution in [0, 0.1) is 0 Å². The Morgan fingerprint density at radius 3 is 2.41 bits per heavy atom. The van der Waals surface area contributed by atoms with Crippen LogP contribution in [0.25, 0.3) is 0 Å². The molecule has 0 heterocycles. The van der Waals surface area contributed by atoms with Crippen LogP contribution < -0.4 is 5.32 Å². The molecule has 0 radical (unpaired) electrons. The fraction of sp³-hybridized carbons (Fsp3) is 0.727. The van der Waals surface area contributed by atoms with Crippen LogP contribution in [0.1, 0.15) is 13.8 Å². The Balaban J connectivity index is 4.24. The SMILES string of the molecule is C=CCOC(=O)NC(CO)C(OCC)OCC. The molecule has 0 aromatic rings. The van der Waals surface area contributed by atoms with Crippen LogP contribution in [0.2, 0.25) is 0 Å². The minimum atomic E-state index is -0.689. The highest BCUT2D eigenvalue weighted by atomic mass is 16.7. The van der Waals surface area contributed by atoms with Gasteiger partial charge in [0, 0.05) is 13.2 Å². The maximum absolute atomic E-state index is 11.3. The number of aliphatic hydroxyl groups is 1. The van der Waals surface area contributed by atoms with Gasteiger partial charge in [0.2, 0.25) is 0 Å². The Morgan fingerprint density at radius 1 is 1.41 bits per heavy atom. The monoisotopic (exact) mass is 247 g/mol. The van der Waals surface area contributed by atoms with Crippen LogP contribution in [0.4, 0.5) is 4.79 Å². The minimum absolute atomic E-state index is 0.109. The first-order valence-corrected chi connectivity index (χ1v) is 5.57. The van der Waals surface area contributed by atoms with Gasteiger partial charge in [0.05, 0.1) is 6.61 Å². The Kier molecular flexibility index (Phi) is 9.41. The molecule has 6 nitrogen and oxygen atoms in total. The van der Waals surface area contributed by atoms with E-state index in [1.54, 1.807) is 13.8 Å². The lowest BCUT2D eigenvalue weighted by atomic mass is 10.3. The van der Waals surface area contributed by atoms with Crippen LogP contribution >= 0.6 is 0 Å². The van der Waals surface area contributed by atoms with Crippen molar-refractivity contribution in [2.75, 3.05) is 26.4 Å². The zero-order valence-electron chi connectivity index (χ0n) is 10.3. The molecule has 0 saturated heterocycles. The van der Waals surface area contributed by atoms with E-state index in [-0.39, 0.29) is 13.2 Å². The number of carbonyl (C=O) groups excluding carboxylic acids is 1. The van der Waals surface area contributed by atoms with Gasteiger partial charge >= 0.3 is 6.09 Å². The van der Waals surface area contributed by atoms with Gasteiger partial charge in [-0.2, -0.15) is 0 Å². The Hall–Kier alpha value is -1.11. The highest BCUT2D eigenvalue weighted by Gasteiger charge is 2.23. The first kappa shape index (κ1) is 15.9. The zero-order chi connectivity index (χ0) is 13.1. The number of nitrogens with one attached hydrogen (secondary N) is 1. The average Bonchev–Trinajstić information content (AvgIpc) is 2.33. The van der Waals surface area contributed by atoms with E-state index in [4.69, 9.17) is 14.2 Å². The number of alkyl carbamates (subject to hydrolysis) is 1. The summed E-state index contributed by atoms with van der Waals surface area (Å²) < 4.78 is 15.3. The summed E-state index contributed by atoms with van der Waals surface area (Å²) in [5.74, 6) is 0. The highest BCUT2D eigenvalue weighted by Crippen LogP contribution is 2.02. The van der Waals surface area contributed by atoms with Crippen LogP contribution in [-0.2, 0) is 14.2 Å². The number of hydrogen-bond donors (Lipinski definition) is 2. The third-order valence-electron chi connectivity index (χ3n) is 1.82. The third kappa shape index (κ3) is 6.93. The highest BCUT2D eigenvalue weighted by molar-refractivity contribution is 5.67. The van der Waals surface area contributed by atoms with Crippen LogP contribution in [0.5, 0.6) is 0 Å². The molecule has 0 aromatic carbocycles. The summed E-state index contributed by atoms with van der Waals surface area (Å²) in [4.78, 5) is 11.3. The largest absolute Gasteiger partial charge is 0.445 e. The Labute approximate surface area is 102 Å². The van der Waals surface area contributed by atoms with Gasteiger partial charge < -0.3 is 24.6 Å². The van der Waals surface area contributed by atoms with Crippen molar-refractivity contribution in [2.24, 2.45) is 0 Å². The molecule has 100 valence electrons. The second kappa shape index (κ2) is 10.1. The number of carbonyl (C=O) groups is 1. The second-order valence-electron chi connectivity index (χ2n) is 3.10. The number of aliphatic hydroxyl groups excluding tert-OH is 1. The molecule has 1 atom stereocenters. The van der Waals surface area contributed by atoms with Crippen molar-refractivity contribution in [1.29, 1.82) is 0 Å². The summed E-state index contributed by atoms with van der Waals surface area (Å²) in [5, 5.41) is 11.6. The predicted octanol–water partition coefficient (Wildman–Crippen LogP) is 0.659. The van der Waals surface area contributed by atoms with E-state index in [0.717, 1.165) is 0 Å². The van der Waals surface area contributed by atoms with Crippen molar-refractivity contribution < 1.29 is 24.1 Å². The van der Waals surface area contributed by atoms with Gasteiger partial charge in [-0.05, 0) is 13.8 Å². The molecule has 0 aromatic heterocycles. The van der Waals surface area contributed by atoms with Crippen molar-refractivity contribution in [1.82, 2.24) is 5.32 Å². The van der Waals surface area contributed by atoms with Gasteiger partial charge in [-0.3, -0.25) is 0 Å². The molecule has 0 saturated carbocycles. The van der Waals surface area contributed by atoms with Gasteiger partial charge in [-0.1, -0.05) is 12.7 Å². The third-order valence-corrected chi connectivity index (χ3v) is 1.82. The van der Waals surface area contributed by atoms with Crippen molar-refractivity contribution >= 4 is 6.09 Å². The van der Waals surface area contributed by atoms with Gasteiger partial charge in [0.15, 0.2) is 6.29 Å². The van der Waals surface area contributed by atoms with Gasteiger partial charge in [0.25, 0.3) is 0 Å². The molecule has 0 rings (SSSR count). The maximum Gasteiger partial charge on any atom is 0.407 e. The summed E-state index contributed by atoms with van der Waals surface area (Å²) in [6, 6.07) is -0.660.